The van der Waals surface area contributed by atoms with Crippen LogP contribution in [0.25, 0.3) is 11.3 Å². The van der Waals surface area contributed by atoms with Crippen molar-refractivity contribution in [2.75, 3.05) is 5.32 Å². The molecule has 1 amide bonds. The van der Waals surface area contributed by atoms with Gasteiger partial charge in [0.2, 0.25) is 0 Å². The molecule has 2 aromatic carbocycles. The Morgan fingerprint density at radius 3 is 2.56 bits per heavy atom. The van der Waals surface area contributed by atoms with Crippen molar-refractivity contribution in [2.24, 2.45) is 0 Å². The van der Waals surface area contributed by atoms with Crippen molar-refractivity contribution in [2.45, 2.75) is 13.8 Å². The number of carbonyl (C=O) groups is 1. The number of carbonyl (C=O) groups excluding carboxylic acids is 1. The molecule has 0 saturated carbocycles. The Hall–Kier alpha value is -2.70. The number of furan rings is 1. The number of anilines is 1. The molecule has 4 nitrogen and oxygen atoms in total. The maximum Gasteiger partial charge on any atom is 0.293 e. The van der Waals surface area contributed by atoms with E-state index in [0.717, 1.165) is 11.1 Å². The summed E-state index contributed by atoms with van der Waals surface area (Å²) < 4.78 is 18.8. The minimum atomic E-state index is -0.536. The van der Waals surface area contributed by atoms with E-state index < -0.39 is 11.7 Å². The minimum absolute atomic E-state index is 0.0433. The first-order chi connectivity index (χ1) is 12.8. The van der Waals surface area contributed by atoms with Crippen LogP contribution in [0.15, 0.2) is 52.9 Å². The van der Waals surface area contributed by atoms with Crippen molar-refractivity contribution in [3.05, 3.63) is 76.3 Å². The van der Waals surface area contributed by atoms with Gasteiger partial charge < -0.3 is 9.73 Å². The Morgan fingerprint density at radius 2 is 1.85 bits per heavy atom. The van der Waals surface area contributed by atoms with E-state index in [1.807, 2.05) is 32.0 Å². The molecule has 0 unspecified atom stereocenters. The van der Waals surface area contributed by atoms with Gasteiger partial charge in [-0.2, -0.15) is 0 Å². The summed E-state index contributed by atoms with van der Waals surface area (Å²) in [6, 6.07) is 13.3. The molecule has 0 aliphatic heterocycles. The van der Waals surface area contributed by atoms with Crippen LogP contribution in [-0.2, 0) is 0 Å². The molecule has 0 spiro atoms. The Balaban J connectivity index is 1.67. The predicted molar refractivity (Wildman–Crippen MR) is 109 cm³/mol. The van der Waals surface area contributed by atoms with E-state index in [1.54, 1.807) is 12.1 Å². The van der Waals surface area contributed by atoms with Crippen LogP contribution in [0.4, 0.5) is 10.1 Å². The number of hydrogen-bond donors (Lipinski definition) is 2. The third-order valence-corrected chi connectivity index (χ3v) is 4.52. The van der Waals surface area contributed by atoms with Gasteiger partial charge in [-0.05, 0) is 73.6 Å². The summed E-state index contributed by atoms with van der Waals surface area (Å²) >= 11 is 10.8. The van der Waals surface area contributed by atoms with E-state index in [-0.39, 0.29) is 15.9 Å². The van der Waals surface area contributed by atoms with Gasteiger partial charge in [0.25, 0.3) is 5.91 Å². The number of nitrogens with one attached hydrogen (secondary N) is 2. The van der Waals surface area contributed by atoms with Crippen molar-refractivity contribution >= 4 is 40.5 Å². The van der Waals surface area contributed by atoms with Gasteiger partial charge in [-0.25, -0.2) is 4.39 Å². The van der Waals surface area contributed by atoms with Crippen LogP contribution in [0.3, 0.4) is 0 Å². The monoisotopic (exact) mass is 402 g/mol. The van der Waals surface area contributed by atoms with Gasteiger partial charge in [-0.1, -0.05) is 23.7 Å². The molecule has 0 radical (unpaired) electrons. The summed E-state index contributed by atoms with van der Waals surface area (Å²) in [5.74, 6) is -0.306. The first-order valence-electron chi connectivity index (χ1n) is 8.08. The molecule has 0 atom stereocenters. The van der Waals surface area contributed by atoms with E-state index >= 15 is 0 Å². The highest BCUT2D eigenvalue weighted by Gasteiger charge is 2.14. The van der Waals surface area contributed by atoms with E-state index in [9.17, 15) is 9.18 Å². The van der Waals surface area contributed by atoms with Crippen LogP contribution in [0.2, 0.25) is 5.02 Å². The van der Waals surface area contributed by atoms with Crippen LogP contribution < -0.4 is 10.6 Å². The second-order valence-electron chi connectivity index (χ2n) is 6.00. The third kappa shape index (κ3) is 4.53. The second-order valence-corrected chi connectivity index (χ2v) is 6.82. The molecule has 7 heteroatoms. The van der Waals surface area contributed by atoms with Crippen LogP contribution in [-0.4, -0.2) is 11.0 Å². The van der Waals surface area contributed by atoms with E-state index in [4.69, 9.17) is 28.2 Å². The maximum atomic E-state index is 13.2. The molecule has 1 aromatic heterocycles. The Morgan fingerprint density at radius 1 is 1.07 bits per heavy atom. The predicted octanol–water partition coefficient (Wildman–Crippen LogP) is 5.48. The molecule has 3 aromatic rings. The lowest BCUT2D eigenvalue weighted by atomic mass is 10.1. The Kier molecular flexibility index (Phi) is 5.58. The fourth-order valence-electron chi connectivity index (χ4n) is 2.41. The number of benzene rings is 2. The summed E-state index contributed by atoms with van der Waals surface area (Å²) in [7, 11) is 0. The lowest BCUT2D eigenvalue weighted by Crippen LogP contribution is -2.33. The summed E-state index contributed by atoms with van der Waals surface area (Å²) in [6.45, 7) is 4.05. The largest absolute Gasteiger partial charge is 0.451 e. The lowest BCUT2D eigenvalue weighted by molar-refractivity contribution is 0.0951. The van der Waals surface area contributed by atoms with Crippen molar-refractivity contribution in [1.82, 2.24) is 5.32 Å². The van der Waals surface area contributed by atoms with E-state index in [2.05, 4.69) is 10.6 Å². The van der Waals surface area contributed by atoms with Gasteiger partial charge in [-0.15, -0.1) is 0 Å². The quantitative estimate of drug-likeness (QED) is 0.569. The molecule has 2 N–H and O–H groups in total. The second kappa shape index (κ2) is 7.90. The molecular weight excluding hydrogens is 387 g/mol. The highest BCUT2D eigenvalue weighted by molar-refractivity contribution is 7.80. The zero-order valence-corrected chi connectivity index (χ0v) is 16.2. The molecule has 1 heterocycles. The number of amides is 1. The number of thiocarbonyl (C=S) groups is 1. The number of halogens is 2. The standard InChI is InChI=1S/C20H16ClFN2O2S/c1-11-3-4-13(9-12(11)2)17-7-8-18(26-17)19(25)24-20(27)23-14-5-6-16(22)15(21)10-14/h3-10H,1-2H3,(H2,23,24,25,27). The van der Waals surface area contributed by atoms with Crippen molar-refractivity contribution < 1.29 is 13.6 Å². The number of rotatable bonds is 3. The summed E-state index contributed by atoms with van der Waals surface area (Å²) in [4.78, 5) is 12.3. The average Bonchev–Trinajstić information content (AvgIpc) is 3.11. The van der Waals surface area contributed by atoms with Crippen LogP contribution in [0.5, 0.6) is 0 Å². The summed E-state index contributed by atoms with van der Waals surface area (Å²) in [6.07, 6.45) is 0. The van der Waals surface area contributed by atoms with E-state index in [0.29, 0.717) is 11.4 Å². The molecule has 0 aliphatic rings. The zero-order valence-electron chi connectivity index (χ0n) is 14.6. The van der Waals surface area contributed by atoms with Gasteiger partial charge in [0.15, 0.2) is 10.9 Å². The third-order valence-electron chi connectivity index (χ3n) is 4.03. The van der Waals surface area contributed by atoms with Crippen LogP contribution in [0.1, 0.15) is 21.7 Å². The van der Waals surface area contributed by atoms with Crippen molar-refractivity contribution in [3.8, 4) is 11.3 Å². The fourth-order valence-corrected chi connectivity index (χ4v) is 2.80. The van der Waals surface area contributed by atoms with Gasteiger partial charge in [0, 0.05) is 11.3 Å². The fraction of sp³-hybridized carbons (Fsp3) is 0.100. The lowest BCUT2D eigenvalue weighted by Gasteiger charge is -2.09. The highest BCUT2D eigenvalue weighted by atomic mass is 35.5. The molecule has 3 rings (SSSR count). The van der Waals surface area contributed by atoms with Gasteiger partial charge >= 0.3 is 0 Å². The van der Waals surface area contributed by atoms with Crippen molar-refractivity contribution in [1.29, 1.82) is 0 Å². The van der Waals surface area contributed by atoms with Crippen LogP contribution in [0, 0.1) is 19.7 Å². The minimum Gasteiger partial charge on any atom is -0.451 e. The molecular formula is C20H16ClFN2O2S. The van der Waals surface area contributed by atoms with Crippen LogP contribution >= 0.6 is 23.8 Å². The van der Waals surface area contributed by atoms with Gasteiger partial charge in [0.05, 0.1) is 5.02 Å². The first kappa shape index (κ1) is 19.1. The smallest absolute Gasteiger partial charge is 0.293 e. The topological polar surface area (TPSA) is 54.3 Å². The Labute approximate surface area is 166 Å². The number of aryl methyl sites for hydroxylation is 2. The molecule has 0 bridgehead atoms. The number of hydrogen-bond acceptors (Lipinski definition) is 3. The van der Waals surface area contributed by atoms with Gasteiger partial charge in [-0.3, -0.25) is 10.1 Å². The SMILES string of the molecule is Cc1ccc(-c2ccc(C(=O)NC(=S)Nc3ccc(F)c(Cl)c3)o2)cc1C. The van der Waals surface area contributed by atoms with Gasteiger partial charge in [0.1, 0.15) is 11.6 Å². The first-order valence-corrected chi connectivity index (χ1v) is 8.87. The zero-order chi connectivity index (χ0) is 19.6. The highest BCUT2D eigenvalue weighted by Crippen LogP contribution is 2.24. The summed E-state index contributed by atoms with van der Waals surface area (Å²) in [5, 5.41) is 5.29. The van der Waals surface area contributed by atoms with E-state index in [1.165, 1.54) is 23.8 Å². The molecule has 138 valence electrons. The average molecular weight is 403 g/mol. The molecule has 0 fully saturated rings. The molecule has 27 heavy (non-hydrogen) atoms. The maximum absolute atomic E-state index is 13.2. The molecule has 0 aliphatic carbocycles. The normalized spacial score (nSPS) is 10.5. The van der Waals surface area contributed by atoms with Crippen molar-refractivity contribution in [3.63, 3.8) is 0 Å². The molecule has 0 saturated heterocycles. The summed E-state index contributed by atoms with van der Waals surface area (Å²) in [5.41, 5.74) is 3.67. The Bertz CT molecular complexity index is 1030.